The molecule has 0 spiro atoms. The molecule has 1 heterocycles. The van der Waals surface area contributed by atoms with E-state index in [-0.39, 0.29) is 23.3 Å². The van der Waals surface area contributed by atoms with Crippen LogP contribution >= 0.6 is 0 Å². The van der Waals surface area contributed by atoms with Crippen molar-refractivity contribution in [3.8, 4) is 0 Å². The van der Waals surface area contributed by atoms with Crippen LogP contribution < -0.4 is 0 Å². The Labute approximate surface area is 126 Å². The van der Waals surface area contributed by atoms with Gasteiger partial charge in [0.05, 0.1) is 6.04 Å². The van der Waals surface area contributed by atoms with Gasteiger partial charge in [0, 0.05) is 5.92 Å². The molecule has 0 unspecified atom stereocenters. The Kier molecular flexibility index (Phi) is 4.08. The number of imide groups is 1. The predicted molar refractivity (Wildman–Crippen MR) is 80.6 cm³/mol. The van der Waals surface area contributed by atoms with Crippen LogP contribution in [0.15, 0.2) is 30.3 Å². The zero-order chi connectivity index (χ0) is 15.8. The van der Waals surface area contributed by atoms with Gasteiger partial charge in [-0.15, -0.1) is 0 Å². The Morgan fingerprint density at radius 3 is 2.33 bits per heavy atom. The van der Waals surface area contributed by atoms with Crippen molar-refractivity contribution in [2.75, 3.05) is 0 Å². The second-order valence-electron chi connectivity index (χ2n) is 6.75. The van der Waals surface area contributed by atoms with Gasteiger partial charge in [0.15, 0.2) is 0 Å². The summed E-state index contributed by atoms with van der Waals surface area (Å²) >= 11 is 0. The maximum Gasteiger partial charge on any atom is 0.417 e. The minimum Gasteiger partial charge on any atom is -0.439 e. The molecule has 1 fully saturated rings. The van der Waals surface area contributed by atoms with Gasteiger partial charge in [0.2, 0.25) is 5.91 Å². The van der Waals surface area contributed by atoms with Crippen LogP contribution in [0.2, 0.25) is 0 Å². The van der Waals surface area contributed by atoms with Gasteiger partial charge in [-0.1, -0.05) is 58.0 Å². The quantitative estimate of drug-likeness (QED) is 0.832. The number of ether oxygens (including phenoxy) is 1. The first-order valence-corrected chi connectivity index (χ1v) is 7.32. The van der Waals surface area contributed by atoms with Crippen molar-refractivity contribution in [1.82, 2.24) is 4.90 Å². The van der Waals surface area contributed by atoms with E-state index in [1.807, 2.05) is 65.0 Å². The number of nitrogens with zero attached hydrogens (tertiary/aromatic N) is 1. The molecule has 0 bridgehead atoms. The van der Waals surface area contributed by atoms with Gasteiger partial charge >= 0.3 is 6.09 Å². The number of benzene rings is 1. The molecule has 4 nitrogen and oxygen atoms in total. The minimum absolute atomic E-state index is 0.168. The first-order chi connectivity index (χ1) is 9.73. The van der Waals surface area contributed by atoms with Crippen molar-refractivity contribution in [1.29, 1.82) is 0 Å². The molecule has 3 atom stereocenters. The summed E-state index contributed by atoms with van der Waals surface area (Å²) in [5.74, 6) is -0.416. The lowest BCUT2D eigenvalue weighted by atomic mass is 9.81. The van der Waals surface area contributed by atoms with E-state index in [0.29, 0.717) is 0 Å². The van der Waals surface area contributed by atoms with Crippen LogP contribution in [-0.2, 0) is 9.53 Å². The van der Waals surface area contributed by atoms with E-state index in [0.717, 1.165) is 5.56 Å². The van der Waals surface area contributed by atoms with E-state index in [9.17, 15) is 9.59 Å². The third-order valence-corrected chi connectivity index (χ3v) is 4.30. The molecule has 0 N–H and O–H groups in total. The molecule has 2 rings (SSSR count). The summed E-state index contributed by atoms with van der Waals surface area (Å²) in [6.07, 6.45) is -0.938. The summed E-state index contributed by atoms with van der Waals surface area (Å²) in [5.41, 5.74) is 0.721. The molecule has 2 amide bonds. The van der Waals surface area contributed by atoms with Crippen LogP contribution in [0, 0.1) is 11.3 Å². The lowest BCUT2D eigenvalue weighted by Crippen LogP contribution is -2.44. The second-order valence-corrected chi connectivity index (χ2v) is 6.75. The van der Waals surface area contributed by atoms with Crippen molar-refractivity contribution >= 4 is 12.0 Å². The van der Waals surface area contributed by atoms with Gasteiger partial charge in [-0.25, -0.2) is 9.69 Å². The van der Waals surface area contributed by atoms with Crippen LogP contribution in [0.4, 0.5) is 4.79 Å². The molecule has 114 valence electrons. The fraction of sp³-hybridized carbons (Fsp3) is 0.529. The summed E-state index contributed by atoms with van der Waals surface area (Å²) in [7, 11) is 0. The number of rotatable bonds is 2. The largest absolute Gasteiger partial charge is 0.439 e. The number of hydrogen-bond acceptors (Lipinski definition) is 3. The van der Waals surface area contributed by atoms with Gasteiger partial charge in [-0.3, -0.25) is 4.79 Å². The number of cyclic esters (lactones) is 1. The molecule has 1 saturated heterocycles. The van der Waals surface area contributed by atoms with E-state index in [2.05, 4.69) is 0 Å². The first kappa shape index (κ1) is 15.5. The van der Waals surface area contributed by atoms with E-state index in [1.54, 1.807) is 0 Å². The topological polar surface area (TPSA) is 46.6 Å². The smallest absolute Gasteiger partial charge is 0.417 e. The molecule has 0 radical (unpaired) electrons. The molecule has 4 heteroatoms. The lowest BCUT2D eigenvalue weighted by Gasteiger charge is -2.30. The highest BCUT2D eigenvalue weighted by Crippen LogP contribution is 2.35. The van der Waals surface area contributed by atoms with Crippen LogP contribution in [0.5, 0.6) is 0 Å². The highest BCUT2D eigenvalue weighted by molar-refractivity contribution is 5.95. The van der Waals surface area contributed by atoms with Crippen molar-refractivity contribution in [2.45, 2.75) is 46.8 Å². The Balaban J connectivity index is 2.23. The Hall–Kier alpha value is -1.84. The van der Waals surface area contributed by atoms with Gasteiger partial charge in [0.25, 0.3) is 0 Å². The van der Waals surface area contributed by atoms with E-state index in [1.165, 1.54) is 4.90 Å². The van der Waals surface area contributed by atoms with E-state index >= 15 is 0 Å². The number of hydrogen-bond donors (Lipinski definition) is 0. The summed E-state index contributed by atoms with van der Waals surface area (Å²) < 4.78 is 5.42. The van der Waals surface area contributed by atoms with Gasteiger partial charge in [0.1, 0.15) is 6.10 Å². The Morgan fingerprint density at radius 1 is 1.24 bits per heavy atom. The van der Waals surface area contributed by atoms with E-state index < -0.39 is 12.2 Å². The molecule has 1 aliphatic heterocycles. The van der Waals surface area contributed by atoms with Crippen molar-refractivity contribution in [3.63, 3.8) is 0 Å². The van der Waals surface area contributed by atoms with E-state index in [4.69, 9.17) is 4.74 Å². The fourth-order valence-electron chi connectivity index (χ4n) is 2.42. The Morgan fingerprint density at radius 2 is 1.81 bits per heavy atom. The average molecular weight is 289 g/mol. The SMILES string of the molecule is C[C@H](C(=O)N1C(=O)O[C@H](c2ccccc2)[C@@H]1C)C(C)(C)C. The van der Waals surface area contributed by atoms with Gasteiger partial charge < -0.3 is 4.74 Å². The van der Waals surface area contributed by atoms with Crippen LogP contribution in [0.25, 0.3) is 0 Å². The molecule has 21 heavy (non-hydrogen) atoms. The Bertz CT molecular complexity index is 533. The van der Waals surface area contributed by atoms with Crippen LogP contribution in [-0.4, -0.2) is 22.9 Å². The first-order valence-electron chi connectivity index (χ1n) is 7.32. The molecular formula is C17H23NO3. The normalized spacial score (nSPS) is 23.9. The monoisotopic (exact) mass is 289 g/mol. The maximum absolute atomic E-state index is 12.6. The van der Waals surface area contributed by atoms with Crippen molar-refractivity contribution in [2.24, 2.45) is 11.3 Å². The number of amides is 2. The summed E-state index contributed by atoms with van der Waals surface area (Å²) in [6, 6.07) is 9.24. The third kappa shape index (κ3) is 2.94. The average Bonchev–Trinajstić information content (AvgIpc) is 2.72. The summed E-state index contributed by atoms with van der Waals surface area (Å²) in [6.45, 7) is 9.71. The molecule has 1 aliphatic rings. The highest BCUT2D eigenvalue weighted by Gasteiger charge is 2.46. The summed E-state index contributed by atoms with van der Waals surface area (Å²) in [4.78, 5) is 26.0. The fourth-order valence-corrected chi connectivity index (χ4v) is 2.42. The van der Waals surface area contributed by atoms with Gasteiger partial charge in [-0.2, -0.15) is 0 Å². The molecule has 0 aliphatic carbocycles. The molecular weight excluding hydrogens is 266 g/mol. The molecule has 0 aromatic heterocycles. The molecule has 0 saturated carbocycles. The molecule has 1 aromatic carbocycles. The minimum atomic E-state index is -0.544. The zero-order valence-electron chi connectivity index (χ0n) is 13.3. The highest BCUT2D eigenvalue weighted by atomic mass is 16.6. The summed E-state index contributed by atoms with van der Waals surface area (Å²) in [5, 5.41) is 0. The van der Waals surface area contributed by atoms with Crippen LogP contribution in [0.3, 0.4) is 0 Å². The zero-order valence-corrected chi connectivity index (χ0v) is 13.3. The standard InChI is InChI=1S/C17H23NO3/c1-11(17(3,4)5)15(19)18-12(2)14(21-16(18)20)13-9-7-6-8-10-13/h6-12,14H,1-5H3/t11-,12+,14+/m1/s1. The van der Waals surface area contributed by atoms with Crippen LogP contribution in [0.1, 0.15) is 46.3 Å². The lowest BCUT2D eigenvalue weighted by molar-refractivity contribution is -0.136. The van der Waals surface area contributed by atoms with Gasteiger partial charge in [-0.05, 0) is 17.9 Å². The number of carbonyl (C=O) groups is 2. The third-order valence-electron chi connectivity index (χ3n) is 4.30. The maximum atomic E-state index is 12.6. The van der Waals surface area contributed by atoms with Crippen molar-refractivity contribution < 1.29 is 14.3 Å². The van der Waals surface area contributed by atoms with Crippen molar-refractivity contribution in [3.05, 3.63) is 35.9 Å². The molecule has 1 aromatic rings. The predicted octanol–water partition coefficient (Wildman–Crippen LogP) is 3.78. The number of carbonyl (C=O) groups excluding carboxylic acids is 2. The second kappa shape index (κ2) is 5.51.